The van der Waals surface area contributed by atoms with Crippen molar-refractivity contribution in [2.75, 3.05) is 19.5 Å². The Morgan fingerprint density at radius 3 is 2.36 bits per heavy atom. The van der Waals surface area contributed by atoms with Crippen LogP contribution in [-0.2, 0) is 6.54 Å². The highest BCUT2D eigenvalue weighted by molar-refractivity contribution is 5.99. The maximum Gasteiger partial charge on any atom is 0.255 e. The first kappa shape index (κ1) is 25.5. The van der Waals surface area contributed by atoms with Gasteiger partial charge in [0.25, 0.3) is 5.91 Å². The number of anilines is 2. The third kappa shape index (κ3) is 5.75. The summed E-state index contributed by atoms with van der Waals surface area (Å²) in [5.74, 6) is 2.73. The van der Waals surface area contributed by atoms with Crippen LogP contribution in [0.1, 0.15) is 21.5 Å². The highest BCUT2D eigenvalue weighted by Gasteiger charge is 2.14. The maximum absolute atomic E-state index is 13.0. The molecule has 2 aromatic heterocycles. The quantitative estimate of drug-likeness (QED) is 0.232. The number of amides is 1. The molecule has 5 rings (SSSR count). The number of carbonyl (C=O) groups is 1. The van der Waals surface area contributed by atoms with Crippen LogP contribution in [-0.4, -0.2) is 30.1 Å². The van der Waals surface area contributed by atoms with Gasteiger partial charge in [0, 0.05) is 36.1 Å². The first-order valence-corrected chi connectivity index (χ1v) is 12.4. The molecule has 8 nitrogen and oxygen atoms in total. The molecule has 39 heavy (non-hydrogen) atoms. The van der Waals surface area contributed by atoms with E-state index in [-0.39, 0.29) is 5.91 Å². The molecule has 8 heteroatoms. The van der Waals surface area contributed by atoms with Crippen LogP contribution in [0.2, 0.25) is 0 Å². The van der Waals surface area contributed by atoms with Crippen LogP contribution in [0, 0.1) is 6.92 Å². The molecule has 0 radical (unpaired) electrons. The van der Waals surface area contributed by atoms with Crippen molar-refractivity contribution in [3.05, 3.63) is 108 Å². The number of ether oxygens (including phenoxy) is 3. The number of nitrogens with one attached hydrogen (secondary N) is 2. The van der Waals surface area contributed by atoms with Gasteiger partial charge in [0.05, 0.1) is 25.3 Å². The number of benzene rings is 3. The molecule has 0 saturated carbocycles. The third-order valence-corrected chi connectivity index (χ3v) is 6.30. The predicted molar refractivity (Wildman–Crippen MR) is 151 cm³/mol. The van der Waals surface area contributed by atoms with Crippen LogP contribution in [0.5, 0.6) is 23.0 Å². The van der Waals surface area contributed by atoms with E-state index in [9.17, 15) is 4.79 Å². The standard InChI is InChI=1S/C31H28N4O4/c1-20-7-4-5-8-21(20)19-34-31(36)24-9-6-15-33-30(24)35-22-10-12-23(13-11-22)39-27-14-16-32-26-18-29(38-3)28(37-2)17-25(26)27/h4-18H,19H2,1-3H3,(H,33,35)(H,34,36). The van der Waals surface area contributed by atoms with Gasteiger partial charge in [-0.2, -0.15) is 0 Å². The van der Waals surface area contributed by atoms with Crippen molar-refractivity contribution in [2.45, 2.75) is 13.5 Å². The number of aromatic nitrogens is 2. The minimum Gasteiger partial charge on any atom is -0.493 e. The van der Waals surface area contributed by atoms with E-state index in [0.717, 1.165) is 27.7 Å². The van der Waals surface area contributed by atoms with Gasteiger partial charge in [-0.25, -0.2) is 4.98 Å². The first-order valence-electron chi connectivity index (χ1n) is 12.4. The second-order valence-electron chi connectivity index (χ2n) is 8.79. The van der Waals surface area contributed by atoms with Crippen molar-refractivity contribution >= 4 is 28.3 Å². The van der Waals surface area contributed by atoms with Gasteiger partial charge in [0.2, 0.25) is 0 Å². The van der Waals surface area contributed by atoms with E-state index in [4.69, 9.17) is 14.2 Å². The van der Waals surface area contributed by atoms with Gasteiger partial charge in [0.15, 0.2) is 11.5 Å². The molecule has 0 spiro atoms. The van der Waals surface area contributed by atoms with E-state index in [0.29, 0.717) is 40.9 Å². The topological polar surface area (TPSA) is 94.6 Å². The molecule has 0 atom stereocenters. The average molecular weight is 521 g/mol. The second-order valence-corrected chi connectivity index (χ2v) is 8.79. The number of hydrogen-bond donors (Lipinski definition) is 2. The molecule has 196 valence electrons. The molecular formula is C31H28N4O4. The number of hydrogen-bond acceptors (Lipinski definition) is 7. The van der Waals surface area contributed by atoms with E-state index in [1.54, 1.807) is 44.8 Å². The van der Waals surface area contributed by atoms with E-state index < -0.39 is 0 Å². The fourth-order valence-corrected chi connectivity index (χ4v) is 4.17. The van der Waals surface area contributed by atoms with Crippen molar-refractivity contribution in [3.63, 3.8) is 0 Å². The summed E-state index contributed by atoms with van der Waals surface area (Å²) < 4.78 is 17.0. The maximum atomic E-state index is 13.0. The lowest BCUT2D eigenvalue weighted by Crippen LogP contribution is -2.24. The molecule has 3 aromatic carbocycles. The lowest BCUT2D eigenvalue weighted by Gasteiger charge is -2.14. The Labute approximate surface area is 226 Å². The summed E-state index contributed by atoms with van der Waals surface area (Å²) in [7, 11) is 3.18. The van der Waals surface area contributed by atoms with Crippen molar-refractivity contribution in [2.24, 2.45) is 0 Å². The normalized spacial score (nSPS) is 10.6. The van der Waals surface area contributed by atoms with E-state index in [1.165, 1.54) is 0 Å². The molecule has 0 aliphatic heterocycles. The molecule has 0 bridgehead atoms. The van der Waals surface area contributed by atoms with Crippen LogP contribution in [0.15, 0.2) is 91.3 Å². The first-order chi connectivity index (χ1) is 19.1. The fourth-order valence-electron chi connectivity index (χ4n) is 4.17. The van der Waals surface area contributed by atoms with Crippen molar-refractivity contribution in [1.82, 2.24) is 15.3 Å². The molecule has 0 unspecified atom stereocenters. The average Bonchev–Trinajstić information content (AvgIpc) is 2.97. The summed E-state index contributed by atoms with van der Waals surface area (Å²) in [5, 5.41) is 7.03. The van der Waals surface area contributed by atoms with Gasteiger partial charge in [-0.3, -0.25) is 9.78 Å². The second kappa shape index (κ2) is 11.5. The molecule has 0 saturated heterocycles. The fraction of sp³-hybridized carbons (Fsp3) is 0.129. The predicted octanol–water partition coefficient (Wildman–Crippen LogP) is 6.42. The zero-order chi connectivity index (χ0) is 27.2. The zero-order valence-electron chi connectivity index (χ0n) is 21.9. The molecule has 2 heterocycles. The molecule has 5 aromatic rings. The Kier molecular flexibility index (Phi) is 7.54. The van der Waals surface area contributed by atoms with Crippen molar-refractivity contribution in [1.29, 1.82) is 0 Å². The molecular weight excluding hydrogens is 492 g/mol. The van der Waals surface area contributed by atoms with Crippen molar-refractivity contribution < 1.29 is 19.0 Å². The van der Waals surface area contributed by atoms with E-state index in [1.807, 2.05) is 67.6 Å². The highest BCUT2D eigenvalue weighted by atomic mass is 16.5. The number of methoxy groups -OCH3 is 2. The van der Waals surface area contributed by atoms with Gasteiger partial charge in [-0.15, -0.1) is 0 Å². The van der Waals surface area contributed by atoms with Crippen LogP contribution in [0.4, 0.5) is 11.5 Å². The number of nitrogens with zero attached hydrogens (tertiary/aromatic N) is 2. The van der Waals surface area contributed by atoms with Crippen LogP contribution in [0.3, 0.4) is 0 Å². The van der Waals surface area contributed by atoms with Gasteiger partial charge < -0.3 is 24.8 Å². The summed E-state index contributed by atoms with van der Waals surface area (Å²) in [6.07, 6.45) is 3.34. The summed E-state index contributed by atoms with van der Waals surface area (Å²) in [5.41, 5.74) is 4.15. The van der Waals surface area contributed by atoms with Gasteiger partial charge in [-0.1, -0.05) is 24.3 Å². The monoisotopic (exact) mass is 520 g/mol. The van der Waals surface area contributed by atoms with E-state index >= 15 is 0 Å². The molecule has 1 amide bonds. The van der Waals surface area contributed by atoms with Crippen molar-refractivity contribution in [3.8, 4) is 23.0 Å². The highest BCUT2D eigenvalue weighted by Crippen LogP contribution is 2.37. The summed E-state index contributed by atoms with van der Waals surface area (Å²) in [6.45, 7) is 2.46. The number of rotatable bonds is 9. The minimum absolute atomic E-state index is 0.203. The van der Waals surface area contributed by atoms with Gasteiger partial charge in [-0.05, 0) is 66.6 Å². The Bertz CT molecular complexity index is 1620. The van der Waals surface area contributed by atoms with E-state index in [2.05, 4.69) is 20.6 Å². The third-order valence-electron chi connectivity index (χ3n) is 6.30. The molecule has 2 N–H and O–H groups in total. The smallest absolute Gasteiger partial charge is 0.255 e. The van der Waals surface area contributed by atoms with Gasteiger partial charge in [0.1, 0.15) is 17.3 Å². The summed E-state index contributed by atoms with van der Waals surface area (Å²) >= 11 is 0. The molecule has 0 aliphatic carbocycles. The summed E-state index contributed by atoms with van der Waals surface area (Å²) in [6, 6.07) is 24.3. The Morgan fingerprint density at radius 1 is 0.821 bits per heavy atom. The van der Waals surface area contributed by atoms with Gasteiger partial charge >= 0.3 is 0 Å². The molecule has 0 aliphatic rings. The number of aryl methyl sites for hydroxylation is 1. The zero-order valence-corrected chi connectivity index (χ0v) is 21.9. The number of fused-ring (bicyclic) bond motifs is 1. The van der Waals surface area contributed by atoms with Crippen LogP contribution < -0.4 is 24.8 Å². The Hall–Kier alpha value is -5.11. The SMILES string of the molecule is COc1cc2nccc(Oc3ccc(Nc4ncccc4C(=O)NCc4ccccc4C)cc3)c2cc1OC. The largest absolute Gasteiger partial charge is 0.493 e. The Balaban J connectivity index is 1.30. The summed E-state index contributed by atoms with van der Waals surface area (Å²) in [4.78, 5) is 21.8. The lowest BCUT2D eigenvalue weighted by molar-refractivity contribution is 0.0951. The van der Waals surface area contributed by atoms with Crippen LogP contribution >= 0.6 is 0 Å². The number of pyridine rings is 2. The molecule has 0 fully saturated rings. The Morgan fingerprint density at radius 2 is 1.59 bits per heavy atom. The minimum atomic E-state index is -0.203. The lowest BCUT2D eigenvalue weighted by atomic mass is 10.1. The number of carbonyl (C=O) groups excluding carboxylic acids is 1. The van der Waals surface area contributed by atoms with Crippen LogP contribution in [0.25, 0.3) is 10.9 Å².